The van der Waals surface area contributed by atoms with Gasteiger partial charge in [-0.1, -0.05) is 42.5 Å². The third kappa shape index (κ3) is 7.35. The van der Waals surface area contributed by atoms with Crippen LogP contribution in [0.1, 0.15) is 18.1 Å². The number of nitrogens with one attached hydrogen (secondary N) is 1. The van der Waals surface area contributed by atoms with Crippen molar-refractivity contribution in [3.63, 3.8) is 0 Å². The van der Waals surface area contributed by atoms with Crippen molar-refractivity contribution >= 4 is 27.8 Å². The van der Waals surface area contributed by atoms with Crippen LogP contribution in [0.4, 0.5) is 5.69 Å². The maximum absolute atomic E-state index is 12.4. The normalized spacial score (nSPS) is 11.2. The number of rotatable bonds is 11. The maximum atomic E-state index is 12.4. The van der Waals surface area contributed by atoms with Gasteiger partial charge in [-0.15, -0.1) is 0 Å². The predicted molar refractivity (Wildman–Crippen MR) is 133 cm³/mol. The number of anilines is 1. The predicted octanol–water partition coefficient (Wildman–Crippen LogP) is 3.58. The Morgan fingerprint density at radius 1 is 0.971 bits per heavy atom. The molecule has 0 aliphatic rings. The van der Waals surface area contributed by atoms with Gasteiger partial charge in [-0.25, -0.2) is 13.8 Å². The van der Waals surface area contributed by atoms with Gasteiger partial charge in [0.2, 0.25) is 10.0 Å². The van der Waals surface area contributed by atoms with Crippen molar-refractivity contribution in [2.75, 3.05) is 23.7 Å². The van der Waals surface area contributed by atoms with E-state index in [0.29, 0.717) is 36.0 Å². The van der Waals surface area contributed by atoms with Crippen molar-refractivity contribution in [3.8, 4) is 11.5 Å². The number of carbonyl (C=O) groups is 1. The third-order valence-corrected chi connectivity index (χ3v) is 5.81. The molecule has 3 rings (SSSR count). The summed E-state index contributed by atoms with van der Waals surface area (Å²) in [6.45, 7) is 2.32. The Morgan fingerprint density at radius 3 is 2.32 bits per heavy atom. The van der Waals surface area contributed by atoms with Crippen LogP contribution >= 0.6 is 0 Å². The summed E-state index contributed by atoms with van der Waals surface area (Å²) in [7, 11) is -3.70. The molecule has 0 saturated heterocycles. The highest BCUT2D eigenvalue weighted by Crippen LogP contribution is 2.21. The first kappa shape index (κ1) is 24.8. The minimum absolute atomic E-state index is 0.352. The number of carbonyl (C=O) groups excluding carboxylic acids is 1. The van der Waals surface area contributed by atoms with Crippen molar-refractivity contribution in [2.45, 2.75) is 13.5 Å². The van der Waals surface area contributed by atoms with E-state index in [0.717, 1.165) is 16.1 Å². The molecule has 8 nitrogen and oxygen atoms in total. The molecule has 3 aromatic rings. The van der Waals surface area contributed by atoms with Crippen molar-refractivity contribution in [3.05, 3.63) is 90.0 Å². The first-order valence-electron chi connectivity index (χ1n) is 10.6. The Kier molecular flexibility index (Phi) is 8.64. The first-order valence-corrected chi connectivity index (χ1v) is 12.5. The van der Waals surface area contributed by atoms with Crippen LogP contribution in [0.5, 0.6) is 11.5 Å². The molecule has 0 radical (unpaired) electrons. The van der Waals surface area contributed by atoms with Gasteiger partial charge in [0.25, 0.3) is 5.91 Å². The summed E-state index contributed by atoms with van der Waals surface area (Å²) in [5.41, 5.74) is 4.43. The van der Waals surface area contributed by atoms with Crippen LogP contribution in [-0.2, 0) is 21.4 Å². The van der Waals surface area contributed by atoms with E-state index in [1.54, 1.807) is 30.3 Å². The molecular formula is C25H27N3O5S. The summed E-state index contributed by atoms with van der Waals surface area (Å²) < 4.78 is 36.8. The number of para-hydroxylation sites is 1. The quantitative estimate of drug-likeness (QED) is 0.334. The monoisotopic (exact) mass is 481 g/mol. The van der Waals surface area contributed by atoms with E-state index in [-0.39, 0.29) is 0 Å². The largest absolute Gasteiger partial charge is 0.494 e. The molecule has 178 valence electrons. The fraction of sp³-hybridized carbons (Fsp3) is 0.200. The van der Waals surface area contributed by atoms with Crippen LogP contribution in [0.2, 0.25) is 0 Å². The summed E-state index contributed by atoms with van der Waals surface area (Å²) in [5.74, 6) is 0.636. The number of sulfonamides is 1. The van der Waals surface area contributed by atoms with E-state index in [4.69, 9.17) is 9.47 Å². The first-order chi connectivity index (χ1) is 16.4. The summed E-state index contributed by atoms with van der Waals surface area (Å²) in [5, 5.41) is 3.98. The molecule has 9 heteroatoms. The van der Waals surface area contributed by atoms with Gasteiger partial charge in [0.1, 0.15) is 24.7 Å². The maximum Gasteiger partial charge on any atom is 0.260 e. The number of amides is 1. The average Bonchev–Trinajstić information content (AvgIpc) is 2.83. The zero-order valence-electron chi connectivity index (χ0n) is 19.0. The van der Waals surface area contributed by atoms with E-state index in [1.807, 2.05) is 55.5 Å². The molecule has 0 aliphatic heterocycles. The summed E-state index contributed by atoms with van der Waals surface area (Å²) in [4.78, 5) is 12.4. The molecule has 0 spiro atoms. The van der Waals surface area contributed by atoms with Gasteiger partial charge in [0.15, 0.2) is 0 Å². The Morgan fingerprint density at radius 2 is 1.65 bits per heavy atom. The smallest absolute Gasteiger partial charge is 0.260 e. The molecule has 0 heterocycles. The van der Waals surface area contributed by atoms with Crippen LogP contribution in [0.15, 0.2) is 84.0 Å². The number of nitrogens with zero attached hydrogens (tertiary/aromatic N) is 2. The Labute approximate surface area is 199 Å². The molecule has 0 bridgehead atoms. The van der Waals surface area contributed by atoms with Crippen molar-refractivity contribution in [1.29, 1.82) is 0 Å². The molecule has 34 heavy (non-hydrogen) atoms. The van der Waals surface area contributed by atoms with Gasteiger partial charge >= 0.3 is 0 Å². The van der Waals surface area contributed by atoms with Crippen LogP contribution < -0.4 is 19.2 Å². The van der Waals surface area contributed by atoms with Crippen molar-refractivity contribution < 1.29 is 22.7 Å². The highest BCUT2D eigenvalue weighted by atomic mass is 32.2. The Balaban J connectivity index is 1.63. The standard InChI is InChI=1S/C25H27N3O5S/c1-3-32-23-15-13-22(14-16-23)28(34(2,30)31)18-25(29)27-26-17-21-11-7-8-12-24(21)33-19-20-9-5-4-6-10-20/h4-17H,3,18-19H2,1-2H3,(H,27,29)/b26-17-. The second-order valence-electron chi connectivity index (χ2n) is 7.30. The second-order valence-corrected chi connectivity index (χ2v) is 9.21. The molecule has 0 saturated carbocycles. The van der Waals surface area contributed by atoms with Crippen molar-refractivity contribution in [1.82, 2.24) is 5.43 Å². The molecule has 0 fully saturated rings. The minimum Gasteiger partial charge on any atom is -0.494 e. The summed E-state index contributed by atoms with van der Waals surface area (Å²) in [6.07, 6.45) is 2.50. The fourth-order valence-corrected chi connectivity index (χ4v) is 3.93. The van der Waals surface area contributed by atoms with Gasteiger partial charge in [-0.2, -0.15) is 5.10 Å². The van der Waals surface area contributed by atoms with Crippen LogP contribution in [0.25, 0.3) is 0 Å². The number of hydrogen-bond donors (Lipinski definition) is 1. The minimum atomic E-state index is -3.70. The zero-order valence-corrected chi connectivity index (χ0v) is 19.9. The topological polar surface area (TPSA) is 97.3 Å². The SMILES string of the molecule is CCOc1ccc(N(CC(=O)N/N=C\c2ccccc2OCc2ccccc2)S(C)(=O)=O)cc1. The number of hydrogen-bond acceptors (Lipinski definition) is 6. The Bertz CT molecular complexity index is 1210. The second kappa shape index (κ2) is 11.9. The Hall–Kier alpha value is -3.85. The average molecular weight is 482 g/mol. The molecule has 0 atom stereocenters. The van der Waals surface area contributed by atoms with Gasteiger partial charge < -0.3 is 9.47 Å². The van der Waals surface area contributed by atoms with E-state index < -0.39 is 22.5 Å². The fourth-order valence-electron chi connectivity index (χ4n) is 3.07. The van der Waals surface area contributed by atoms with E-state index in [1.165, 1.54) is 6.21 Å². The van der Waals surface area contributed by atoms with Crippen LogP contribution in [0.3, 0.4) is 0 Å². The zero-order chi connectivity index (χ0) is 24.4. The molecular weight excluding hydrogens is 454 g/mol. The van der Waals surface area contributed by atoms with Gasteiger partial charge in [0.05, 0.1) is 24.8 Å². The van der Waals surface area contributed by atoms with E-state index >= 15 is 0 Å². The number of ether oxygens (including phenoxy) is 2. The number of benzene rings is 3. The van der Waals surface area contributed by atoms with E-state index in [9.17, 15) is 13.2 Å². The lowest BCUT2D eigenvalue weighted by molar-refractivity contribution is -0.119. The van der Waals surface area contributed by atoms with Gasteiger partial charge in [0, 0.05) is 5.56 Å². The van der Waals surface area contributed by atoms with Crippen molar-refractivity contribution in [2.24, 2.45) is 5.10 Å². The third-order valence-electron chi connectivity index (χ3n) is 4.67. The lowest BCUT2D eigenvalue weighted by Gasteiger charge is -2.21. The van der Waals surface area contributed by atoms with Crippen LogP contribution in [-0.4, -0.2) is 39.9 Å². The lowest BCUT2D eigenvalue weighted by atomic mass is 10.2. The van der Waals surface area contributed by atoms with Gasteiger partial charge in [-0.05, 0) is 48.9 Å². The molecule has 1 N–H and O–H groups in total. The number of hydrazone groups is 1. The highest BCUT2D eigenvalue weighted by Gasteiger charge is 2.20. The highest BCUT2D eigenvalue weighted by molar-refractivity contribution is 7.92. The summed E-state index contributed by atoms with van der Waals surface area (Å²) in [6, 6.07) is 23.5. The summed E-state index contributed by atoms with van der Waals surface area (Å²) >= 11 is 0. The lowest BCUT2D eigenvalue weighted by Crippen LogP contribution is -2.39. The van der Waals surface area contributed by atoms with E-state index in [2.05, 4.69) is 10.5 Å². The molecule has 0 unspecified atom stereocenters. The molecule has 1 amide bonds. The molecule has 3 aromatic carbocycles. The molecule has 0 aliphatic carbocycles. The van der Waals surface area contributed by atoms with Crippen LogP contribution in [0, 0.1) is 0 Å². The molecule has 0 aromatic heterocycles. The van der Waals surface area contributed by atoms with Gasteiger partial charge in [-0.3, -0.25) is 9.10 Å².